The van der Waals surface area contributed by atoms with E-state index in [0.29, 0.717) is 6.54 Å². The van der Waals surface area contributed by atoms with Gasteiger partial charge in [-0.05, 0) is 12.8 Å². The van der Waals surface area contributed by atoms with Crippen molar-refractivity contribution in [3.8, 4) is 0 Å². The van der Waals surface area contributed by atoms with Gasteiger partial charge in [0.25, 0.3) is 5.72 Å². The lowest BCUT2D eigenvalue weighted by atomic mass is 9.87. The second kappa shape index (κ2) is 6.24. The van der Waals surface area contributed by atoms with Gasteiger partial charge >= 0.3 is 5.97 Å². The van der Waals surface area contributed by atoms with Crippen molar-refractivity contribution in [3.63, 3.8) is 0 Å². The molecule has 1 aromatic rings. The number of hydrogen-bond acceptors (Lipinski definition) is 5. The van der Waals surface area contributed by atoms with E-state index in [4.69, 9.17) is 4.74 Å². The summed E-state index contributed by atoms with van der Waals surface area (Å²) in [5.41, 5.74) is -0.406. The first-order valence-electron chi connectivity index (χ1n) is 9.09. The van der Waals surface area contributed by atoms with Gasteiger partial charge in [0.05, 0.1) is 5.92 Å². The third-order valence-corrected chi connectivity index (χ3v) is 5.65. The number of fused-ring (bicyclic) bond motifs is 1. The molecule has 2 heterocycles. The van der Waals surface area contributed by atoms with Crippen LogP contribution in [-0.4, -0.2) is 35.4 Å². The number of amides is 1. The van der Waals surface area contributed by atoms with E-state index in [1.807, 2.05) is 35.2 Å². The van der Waals surface area contributed by atoms with Gasteiger partial charge in [-0.2, -0.15) is 5.11 Å². The number of azo groups is 1. The van der Waals surface area contributed by atoms with E-state index in [1.165, 1.54) is 26.2 Å². The van der Waals surface area contributed by atoms with E-state index in [2.05, 4.69) is 10.2 Å². The van der Waals surface area contributed by atoms with Crippen LogP contribution in [0.25, 0.3) is 0 Å². The van der Waals surface area contributed by atoms with Crippen LogP contribution in [-0.2, 0) is 20.1 Å². The van der Waals surface area contributed by atoms with E-state index in [0.717, 1.165) is 18.4 Å². The lowest BCUT2D eigenvalue weighted by molar-refractivity contribution is -0.162. The minimum Gasteiger partial charge on any atom is -0.431 e. The van der Waals surface area contributed by atoms with Gasteiger partial charge in [0.2, 0.25) is 5.91 Å². The Balaban J connectivity index is 1.67. The van der Waals surface area contributed by atoms with Crippen molar-refractivity contribution in [1.29, 1.82) is 0 Å². The minimum atomic E-state index is -1.18. The fourth-order valence-electron chi connectivity index (χ4n) is 4.48. The summed E-state index contributed by atoms with van der Waals surface area (Å²) in [4.78, 5) is 26.7. The molecule has 25 heavy (non-hydrogen) atoms. The van der Waals surface area contributed by atoms with Crippen molar-refractivity contribution >= 4 is 11.9 Å². The number of ether oxygens (including phenoxy) is 1. The van der Waals surface area contributed by atoms with E-state index in [1.54, 1.807) is 0 Å². The topological polar surface area (TPSA) is 71.3 Å². The quantitative estimate of drug-likeness (QED) is 0.793. The molecule has 0 radical (unpaired) electrons. The minimum absolute atomic E-state index is 0.0330. The van der Waals surface area contributed by atoms with Crippen LogP contribution in [0.15, 0.2) is 40.6 Å². The van der Waals surface area contributed by atoms with Crippen LogP contribution < -0.4 is 0 Å². The Kier molecular flexibility index (Phi) is 4.06. The Morgan fingerprint density at radius 2 is 1.92 bits per heavy atom. The van der Waals surface area contributed by atoms with Crippen LogP contribution in [0.3, 0.4) is 0 Å². The zero-order chi connectivity index (χ0) is 17.4. The summed E-state index contributed by atoms with van der Waals surface area (Å²) in [7, 11) is 0. The second-order valence-electron chi connectivity index (χ2n) is 7.21. The van der Waals surface area contributed by atoms with Gasteiger partial charge in [-0.15, -0.1) is 5.11 Å². The largest absolute Gasteiger partial charge is 0.431 e. The number of esters is 1. The maximum Gasteiger partial charge on any atom is 0.305 e. The molecule has 1 saturated carbocycles. The van der Waals surface area contributed by atoms with Gasteiger partial charge in [-0.3, -0.25) is 9.59 Å². The normalized spacial score (nSPS) is 32.0. The molecule has 2 fully saturated rings. The predicted molar refractivity (Wildman–Crippen MR) is 90.6 cm³/mol. The van der Waals surface area contributed by atoms with E-state index in [9.17, 15) is 9.59 Å². The number of benzene rings is 1. The maximum absolute atomic E-state index is 12.9. The molecule has 1 aromatic carbocycles. The standard InChI is InChI=1S/C19H23N3O3/c1-13(23)25-19(14-8-4-2-5-9-14)16-12-22(15-10-6-3-7-11-15)18(24)17(16)20-21-19/h2,4-5,8-9,15-17H,3,6-7,10-12H2,1H3/t16-,17-,19+/m1/s1. The Labute approximate surface area is 147 Å². The molecular weight excluding hydrogens is 318 g/mol. The highest BCUT2D eigenvalue weighted by molar-refractivity contribution is 5.86. The average molecular weight is 341 g/mol. The summed E-state index contributed by atoms with van der Waals surface area (Å²) in [5, 5.41) is 8.59. The molecule has 0 N–H and O–H groups in total. The summed E-state index contributed by atoms with van der Waals surface area (Å²) in [6, 6.07) is 9.20. The average Bonchev–Trinajstić information content (AvgIpc) is 3.15. The van der Waals surface area contributed by atoms with Crippen molar-refractivity contribution < 1.29 is 14.3 Å². The van der Waals surface area contributed by atoms with Gasteiger partial charge in [0.1, 0.15) is 0 Å². The van der Waals surface area contributed by atoms with Crippen LogP contribution in [0, 0.1) is 5.92 Å². The third kappa shape index (κ3) is 2.64. The zero-order valence-corrected chi connectivity index (χ0v) is 14.4. The first-order valence-corrected chi connectivity index (χ1v) is 9.09. The lowest BCUT2D eigenvalue weighted by Crippen LogP contribution is -2.41. The highest BCUT2D eigenvalue weighted by Crippen LogP contribution is 2.48. The molecule has 1 amide bonds. The van der Waals surface area contributed by atoms with Crippen LogP contribution in [0.5, 0.6) is 0 Å². The Morgan fingerprint density at radius 1 is 1.20 bits per heavy atom. The molecule has 0 bridgehead atoms. The number of carbonyl (C=O) groups excluding carboxylic acids is 2. The van der Waals surface area contributed by atoms with Gasteiger partial charge in [0, 0.05) is 25.1 Å². The Morgan fingerprint density at radius 3 is 2.60 bits per heavy atom. The summed E-state index contributed by atoms with van der Waals surface area (Å²) in [6.07, 6.45) is 5.67. The summed E-state index contributed by atoms with van der Waals surface area (Å²) >= 11 is 0. The fourth-order valence-corrected chi connectivity index (χ4v) is 4.48. The molecule has 4 rings (SSSR count). The first kappa shape index (κ1) is 16.2. The van der Waals surface area contributed by atoms with Gasteiger partial charge in [0.15, 0.2) is 6.04 Å². The van der Waals surface area contributed by atoms with Crippen molar-refractivity contribution in [1.82, 2.24) is 4.90 Å². The van der Waals surface area contributed by atoms with Gasteiger partial charge in [-0.25, -0.2) is 0 Å². The summed E-state index contributed by atoms with van der Waals surface area (Å²) in [6.45, 7) is 1.92. The van der Waals surface area contributed by atoms with Crippen molar-refractivity contribution in [3.05, 3.63) is 35.9 Å². The highest BCUT2D eigenvalue weighted by atomic mass is 16.6. The molecule has 1 aliphatic carbocycles. The van der Waals surface area contributed by atoms with Crippen LogP contribution in [0.2, 0.25) is 0 Å². The number of likely N-dealkylation sites (tertiary alicyclic amines) is 1. The molecule has 6 heteroatoms. The summed E-state index contributed by atoms with van der Waals surface area (Å²) < 4.78 is 5.70. The maximum atomic E-state index is 12.9. The molecule has 0 unspecified atom stereocenters. The van der Waals surface area contributed by atoms with Gasteiger partial charge in [-0.1, -0.05) is 49.6 Å². The van der Waals surface area contributed by atoms with Crippen molar-refractivity contribution in [2.75, 3.05) is 6.54 Å². The molecular formula is C19H23N3O3. The molecule has 3 atom stereocenters. The lowest BCUT2D eigenvalue weighted by Gasteiger charge is -2.34. The van der Waals surface area contributed by atoms with E-state index >= 15 is 0 Å². The van der Waals surface area contributed by atoms with Crippen LogP contribution >= 0.6 is 0 Å². The van der Waals surface area contributed by atoms with Gasteiger partial charge < -0.3 is 9.64 Å². The fraction of sp³-hybridized carbons (Fsp3) is 0.579. The van der Waals surface area contributed by atoms with Crippen molar-refractivity contribution in [2.24, 2.45) is 16.1 Å². The number of nitrogens with zero attached hydrogens (tertiary/aromatic N) is 3. The van der Waals surface area contributed by atoms with Crippen LogP contribution in [0.4, 0.5) is 0 Å². The molecule has 3 aliphatic rings. The number of rotatable bonds is 3. The molecule has 0 spiro atoms. The predicted octanol–water partition coefficient (Wildman–Crippen LogP) is 3.03. The number of carbonyl (C=O) groups is 2. The smallest absolute Gasteiger partial charge is 0.305 e. The SMILES string of the molecule is CC(=O)O[C@]1(c2ccccc2)N=N[C@H]2C(=O)N(C3CCCCC3)C[C@H]21. The monoisotopic (exact) mass is 341 g/mol. The zero-order valence-electron chi connectivity index (χ0n) is 14.4. The number of hydrogen-bond donors (Lipinski definition) is 0. The molecule has 132 valence electrons. The van der Waals surface area contributed by atoms with Crippen molar-refractivity contribution in [2.45, 2.75) is 56.8 Å². The van der Waals surface area contributed by atoms with E-state index in [-0.39, 0.29) is 17.9 Å². The van der Waals surface area contributed by atoms with E-state index < -0.39 is 17.7 Å². The molecule has 2 aliphatic heterocycles. The highest BCUT2D eigenvalue weighted by Gasteiger charge is 2.60. The third-order valence-electron chi connectivity index (χ3n) is 5.65. The summed E-state index contributed by atoms with van der Waals surface area (Å²) in [5.74, 6) is -0.633. The Hall–Kier alpha value is -2.24. The molecule has 6 nitrogen and oxygen atoms in total. The first-order chi connectivity index (χ1) is 12.1. The molecule has 1 saturated heterocycles. The van der Waals surface area contributed by atoms with Crippen LogP contribution in [0.1, 0.15) is 44.6 Å². The molecule has 0 aromatic heterocycles. The Bertz CT molecular complexity index is 699. The second-order valence-corrected chi connectivity index (χ2v) is 7.21.